The summed E-state index contributed by atoms with van der Waals surface area (Å²) in [5.41, 5.74) is 4.70. The Hall–Kier alpha value is -2.06. The van der Waals surface area contributed by atoms with Crippen LogP contribution in [0.2, 0.25) is 0 Å². The Morgan fingerprint density at radius 3 is 2.64 bits per heavy atom. The molecule has 0 spiro atoms. The zero-order valence-corrected chi connectivity index (χ0v) is 13.9. The number of benzene rings is 1. The highest BCUT2D eigenvalue weighted by atomic mass is 16.3. The molecule has 0 atom stereocenters. The van der Waals surface area contributed by atoms with E-state index in [9.17, 15) is 0 Å². The van der Waals surface area contributed by atoms with E-state index in [1.165, 1.54) is 11.1 Å². The Morgan fingerprint density at radius 2 is 2.09 bits per heavy atom. The third kappa shape index (κ3) is 5.38. The van der Waals surface area contributed by atoms with Crippen molar-refractivity contribution in [3.05, 3.63) is 71.9 Å². The quantitative estimate of drug-likeness (QED) is 0.713. The lowest BCUT2D eigenvalue weighted by molar-refractivity contribution is 0.302. The molecule has 2 heteroatoms. The SMILES string of the molecule is C=C/C=C(\C=C/C)/C=C/c1ccc(N(CC)CCO)cc1C. The average Bonchev–Trinajstić information content (AvgIpc) is 2.51. The van der Waals surface area contributed by atoms with E-state index in [0.717, 1.165) is 17.8 Å². The van der Waals surface area contributed by atoms with Gasteiger partial charge in [-0.3, -0.25) is 0 Å². The summed E-state index contributed by atoms with van der Waals surface area (Å²) in [6.45, 7) is 11.7. The summed E-state index contributed by atoms with van der Waals surface area (Å²) in [4.78, 5) is 2.17. The first-order chi connectivity index (χ1) is 10.7. The second kappa shape index (κ2) is 9.80. The predicted molar refractivity (Wildman–Crippen MR) is 98.3 cm³/mol. The third-order valence-corrected chi connectivity index (χ3v) is 3.49. The van der Waals surface area contributed by atoms with Gasteiger partial charge in [-0.15, -0.1) is 0 Å². The topological polar surface area (TPSA) is 23.5 Å². The zero-order chi connectivity index (χ0) is 16.4. The minimum atomic E-state index is 0.174. The number of nitrogens with zero attached hydrogens (tertiary/aromatic N) is 1. The van der Waals surface area contributed by atoms with Crippen LogP contribution in [0.15, 0.2) is 60.7 Å². The van der Waals surface area contributed by atoms with E-state index in [1.54, 1.807) is 6.08 Å². The number of anilines is 1. The highest BCUT2D eigenvalue weighted by molar-refractivity contribution is 5.62. The van der Waals surface area contributed by atoms with E-state index in [0.29, 0.717) is 6.54 Å². The molecular weight excluding hydrogens is 270 g/mol. The average molecular weight is 297 g/mol. The molecule has 0 aromatic heterocycles. The number of aliphatic hydroxyl groups excluding tert-OH is 1. The van der Waals surface area contributed by atoms with E-state index in [-0.39, 0.29) is 6.61 Å². The van der Waals surface area contributed by atoms with Gasteiger partial charge >= 0.3 is 0 Å². The molecule has 1 aromatic rings. The van der Waals surface area contributed by atoms with Gasteiger partial charge in [0.05, 0.1) is 6.61 Å². The normalized spacial score (nSPS) is 12.3. The molecule has 1 N–H and O–H groups in total. The summed E-state index contributed by atoms with van der Waals surface area (Å²) in [6, 6.07) is 6.41. The molecule has 0 aliphatic carbocycles. The van der Waals surface area contributed by atoms with E-state index < -0.39 is 0 Å². The van der Waals surface area contributed by atoms with Gasteiger partial charge in [0.25, 0.3) is 0 Å². The first-order valence-electron chi connectivity index (χ1n) is 7.76. The van der Waals surface area contributed by atoms with Crippen molar-refractivity contribution in [1.82, 2.24) is 0 Å². The number of aryl methyl sites for hydroxylation is 1. The van der Waals surface area contributed by atoms with Crippen LogP contribution in [-0.4, -0.2) is 24.8 Å². The molecule has 2 nitrogen and oxygen atoms in total. The fraction of sp³-hybridized carbons (Fsp3) is 0.300. The fourth-order valence-electron chi connectivity index (χ4n) is 2.32. The van der Waals surface area contributed by atoms with E-state index >= 15 is 0 Å². The van der Waals surface area contributed by atoms with Crippen LogP contribution in [0, 0.1) is 6.92 Å². The lowest BCUT2D eigenvalue weighted by atomic mass is 10.1. The summed E-state index contributed by atoms with van der Waals surface area (Å²) in [7, 11) is 0. The number of likely N-dealkylation sites (N-methyl/N-ethyl adjacent to an activating group) is 1. The molecule has 0 saturated heterocycles. The van der Waals surface area contributed by atoms with Crippen LogP contribution in [-0.2, 0) is 0 Å². The van der Waals surface area contributed by atoms with Crippen molar-refractivity contribution in [2.75, 3.05) is 24.6 Å². The molecular formula is C20H27NO. The maximum atomic E-state index is 9.13. The molecule has 22 heavy (non-hydrogen) atoms. The molecule has 1 rings (SSSR count). The van der Waals surface area contributed by atoms with Gasteiger partial charge in [0.1, 0.15) is 0 Å². The monoisotopic (exact) mass is 297 g/mol. The summed E-state index contributed by atoms with van der Waals surface area (Å²) < 4.78 is 0. The third-order valence-electron chi connectivity index (χ3n) is 3.49. The van der Waals surface area contributed by atoms with Gasteiger partial charge in [-0.2, -0.15) is 0 Å². The number of hydrogen-bond acceptors (Lipinski definition) is 2. The second-order valence-electron chi connectivity index (χ2n) is 5.08. The minimum Gasteiger partial charge on any atom is -0.395 e. The molecule has 0 heterocycles. The van der Waals surface area contributed by atoms with Gasteiger partial charge < -0.3 is 10.0 Å². The van der Waals surface area contributed by atoms with Crippen LogP contribution in [0.1, 0.15) is 25.0 Å². The Labute approximate surface area is 134 Å². The summed E-state index contributed by atoms with van der Waals surface area (Å²) >= 11 is 0. The smallest absolute Gasteiger partial charge is 0.0606 e. The van der Waals surface area contributed by atoms with Crippen molar-refractivity contribution in [1.29, 1.82) is 0 Å². The van der Waals surface area contributed by atoms with Crippen molar-refractivity contribution in [3.63, 3.8) is 0 Å². The molecule has 0 aliphatic rings. The number of aliphatic hydroxyl groups is 1. The highest BCUT2D eigenvalue weighted by Crippen LogP contribution is 2.20. The molecule has 0 aliphatic heterocycles. The molecule has 0 fully saturated rings. The van der Waals surface area contributed by atoms with Crippen molar-refractivity contribution >= 4 is 11.8 Å². The standard InChI is InChI=1S/C20H27NO/c1-5-8-18(9-6-2)10-11-19-12-13-20(16-17(19)4)21(7-3)14-15-22/h5-6,8-13,16,22H,1,7,14-15H2,2-4H3/b9-6-,11-10+,18-8+. The summed E-state index contributed by atoms with van der Waals surface area (Å²) in [6.07, 6.45) is 12.1. The van der Waals surface area contributed by atoms with Crippen molar-refractivity contribution in [2.24, 2.45) is 0 Å². The van der Waals surface area contributed by atoms with E-state index in [4.69, 9.17) is 5.11 Å². The Morgan fingerprint density at radius 1 is 1.32 bits per heavy atom. The molecule has 0 saturated carbocycles. The number of allylic oxidation sites excluding steroid dienone is 6. The van der Waals surface area contributed by atoms with Gasteiger partial charge in [-0.1, -0.05) is 49.1 Å². The summed E-state index contributed by atoms with van der Waals surface area (Å²) in [5, 5.41) is 9.13. The Kier molecular flexibility index (Phi) is 8.01. The highest BCUT2D eigenvalue weighted by Gasteiger charge is 2.04. The van der Waals surface area contributed by atoms with Crippen molar-refractivity contribution < 1.29 is 5.11 Å². The van der Waals surface area contributed by atoms with E-state index in [1.807, 2.05) is 19.1 Å². The Bertz CT molecular complexity index is 567. The van der Waals surface area contributed by atoms with Gasteiger partial charge in [-0.25, -0.2) is 0 Å². The van der Waals surface area contributed by atoms with Crippen LogP contribution in [0.4, 0.5) is 5.69 Å². The van der Waals surface area contributed by atoms with E-state index in [2.05, 4.69) is 61.8 Å². The maximum absolute atomic E-state index is 9.13. The van der Waals surface area contributed by atoms with Gasteiger partial charge in [0, 0.05) is 18.8 Å². The maximum Gasteiger partial charge on any atom is 0.0606 e. The molecule has 0 radical (unpaired) electrons. The van der Waals surface area contributed by atoms with Crippen LogP contribution in [0.25, 0.3) is 6.08 Å². The fourth-order valence-corrected chi connectivity index (χ4v) is 2.32. The zero-order valence-electron chi connectivity index (χ0n) is 13.9. The predicted octanol–water partition coefficient (Wildman–Crippen LogP) is 4.52. The van der Waals surface area contributed by atoms with Crippen LogP contribution < -0.4 is 4.90 Å². The number of hydrogen-bond donors (Lipinski definition) is 1. The largest absolute Gasteiger partial charge is 0.395 e. The molecule has 0 unspecified atom stereocenters. The van der Waals surface area contributed by atoms with Gasteiger partial charge in [0.2, 0.25) is 0 Å². The first-order valence-corrected chi connectivity index (χ1v) is 7.76. The van der Waals surface area contributed by atoms with Gasteiger partial charge in [0.15, 0.2) is 0 Å². The lowest BCUT2D eigenvalue weighted by Gasteiger charge is -2.22. The first kappa shape index (κ1) is 18.0. The minimum absolute atomic E-state index is 0.174. The van der Waals surface area contributed by atoms with Crippen molar-refractivity contribution in [2.45, 2.75) is 20.8 Å². The van der Waals surface area contributed by atoms with Crippen molar-refractivity contribution in [3.8, 4) is 0 Å². The lowest BCUT2D eigenvalue weighted by Crippen LogP contribution is -2.26. The molecule has 1 aromatic carbocycles. The molecule has 0 amide bonds. The van der Waals surface area contributed by atoms with Crippen LogP contribution in [0.3, 0.4) is 0 Å². The second-order valence-corrected chi connectivity index (χ2v) is 5.08. The van der Waals surface area contributed by atoms with Gasteiger partial charge in [-0.05, 0) is 49.6 Å². The van der Waals surface area contributed by atoms with Crippen LogP contribution >= 0.6 is 0 Å². The number of rotatable bonds is 8. The summed E-state index contributed by atoms with van der Waals surface area (Å²) in [5.74, 6) is 0. The van der Waals surface area contributed by atoms with Crippen LogP contribution in [0.5, 0.6) is 0 Å². The molecule has 118 valence electrons. The Balaban J connectivity index is 2.98. The molecule has 0 bridgehead atoms.